The van der Waals surface area contributed by atoms with Crippen LogP contribution in [0.1, 0.15) is 39.0 Å². The largest absolute Gasteiger partial charge is 0.350 e. The average Bonchev–Trinajstić information content (AvgIpc) is 3.00. The van der Waals surface area contributed by atoms with Crippen molar-refractivity contribution in [2.24, 2.45) is 5.92 Å². The molecular weight excluding hydrogens is 302 g/mol. The highest BCUT2D eigenvalue weighted by molar-refractivity contribution is 7.89. The van der Waals surface area contributed by atoms with Gasteiger partial charge in [0, 0.05) is 31.8 Å². The van der Waals surface area contributed by atoms with Gasteiger partial charge in [0.1, 0.15) is 0 Å². The predicted molar refractivity (Wildman–Crippen MR) is 86.2 cm³/mol. The summed E-state index contributed by atoms with van der Waals surface area (Å²) in [7, 11) is -3.11. The molecule has 0 aromatic carbocycles. The summed E-state index contributed by atoms with van der Waals surface area (Å²) in [5, 5.41) is 3.03. The quantitative estimate of drug-likeness (QED) is 0.643. The third kappa shape index (κ3) is 4.93. The Balaban J connectivity index is 1.68. The molecule has 2 fully saturated rings. The lowest BCUT2D eigenvalue weighted by Crippen LogP contribution is -3.10. The average molecular weight is 332 g/mol. The van der Waals surface area contributed by atoms with E-state index in [1.807, 2.05) is 6.92 Å². The number of hydrogen-bond donors (Lipinski definition) is 2. The van der Waals surface area contributed by atoms with Crippen molar-refractivity contribution >= 4 is 15.9 Å². The van der Waals surface area contributed by atoms with Gasteiger partial charge >= 0.3 is 0 Å². The molecule has 7 heteroatoms. The SMILES string of the molecule is CCCS(=O)(=O)N1CCC(C(=O)NCC[NH+]2CCCC2)CC1. The van der Waals surface area contributed by atoms with Crippen molar-refractivity contribution in [1.29, 1.82) is 0 Å². The highest BCUT2D eigenvalue weighted by Crippen LogP contribution is 2.20. The Hall–Kier alpha value is -0.660. The third-order valence-corrected chi connectivity index (χ3v) is 6.84. The Morgan fingerprint density at radius 3 is 2.45 bits per heavy atom. The molecular formula is C15H30N3O3S+. The van der Waals surface area contributed by atoms with Crippen LogP contribution >= 0.6 is 0 Å². The number of quaternary nitrogens is 1. The molecule has 0 aromatic heterocycles. The summed E-state index contributed by atoms with van der Waals surface area (Å²) in [6.45, 7) is 7.04. The van der Waals surface area contributed by atoms with E-state index in [-0.39, 0.29) is 17.6 Å². The van der Waals surface area contributed by atoms with Crippen LogP contribution in [0.2, 0.25) is 0 Å². The van der Waals surface area contributed by atoms with Crippen molar-refractivity contribution in [1.82, 2.24) is 9.62 Å². The van der Waals surface area contributed by atoms with Gasteiger partial charge in [0.15, 0.2) is 0 Å². The molecule has 2 heterocycles. The van der Waals surface area contributed by atoms with Gasteiger partial charge in [0.05, 0.1) is 31.9 Å². The highest BCUT2D eigenvalue weighted by atomic mass is 32.2. The monoisotopic (exact) mass is 332 g/mol. The van der Waals surface area contributed by atoms with Gasteiger partial charge in [-0.1, -0.05) is 6.92 Å². The van der Waals surface area contributed by atoms with Gasteiger partial charge in [-0.25, -0.2) is 12.7 Å². The van der Waals surface area contributed by atoms with E-state index in [0.29, 0.717) is 32.4 Å². The molecule has 2 N–H and O–H groups in total. The number of nitrogens with one attached hydrogen (secondary N) is 2. The van der Waals surface area contributed by atoms with Gasteiger partial charge < -0.3 is 10.2 Å². The maximum absolute atomic E-state index is 12.2. The first-order valence-corrected chi connectivity index (χ1v) is 10.2. The molecule has 0 spiro atoms. The summed E-state index contributed by atoms with van der Waals surface area (Å²) < 4.78 is 25.6. The van der Waals surface area contributed by atoms with E-state index in [2.05, 4.69) is 5.32 Å². The number of nitrogens with zero attached hydrogens (tertiary/aromatic N) is 1. The number of carbonyl (C=O) groups is 1. The summed E-state index contributed by atoms with van der Waals surface area (Å²) in [6, 6.07) is 0. The minimum atomic E-state index is -3.11. The summed E-state index contributed by atoms with van der Waals surface area (Å²) >= 11 is 0. The maximum Gasteiger partial charge on any atom is 0.223 e. The molecule has 0 aromatic rings. The molecule has 2 aliphatic heterocycles. The van der Waals surface area contributed by atoms with Crippen LogP contribution in [0, 0.1) is 5.92 Å². The first kappa shape index (κ1) is 17.7. The normalized spacial score (nSPS) is 22.0. The Kier molecular flexibility index (Phi) is 6.65. The molecule has 0 saturated carbocycles. The smallest absolute Gasteiger partial charge is 0.223 e. The second-order valence-electron chi connectivity index (χ2n) is 6.49. The van der Waals surface area contributed by atoms with Gasteiger partial charge in [-0.2, -0.15) is 0 Å². The van der Waals surface area contributed by atoms with E-state index < -0.39 is 10.0 Å². The van der Waals surface area contributed by atoms with Gasteiger partial charge in [0.2, 0.25) is 15.9 Å². The standard InChI is InChI=1S/C15H29N3O3S/c1-2-13-22(20,21)18-10-5-14(6-11-18)15(19)16-7-12-17-8-3-4-9-17/h14H,2-13H2,1H3,(H,16,19)/p+1. The number of rotatable bonds is 7. The van der Waals surface area contributed by atoms with Gasteiger partial charge in [-0.15, -0.1) is 0 Å². The fourth-order valence-electron chi connectivity index (χ4n) is 3.42. The van der Waals surface area contributed by atoms with Crippen LogP contribution in [0.5, 0.6) is 0 Å². The molecule has 22 heavy (non-hydrogen) atoms. The highest BCUT2D eigenvalue weighted by Gasteiger charge is 2.30. The number of hydrogen-bond acceptors (Lipinski definition) is 3. The zero-order chi connectivity index (χ0) is 16.0. The fourth-order valence-corrected chi connectivity index (χ4v) is 4.96. The first-order chi connectivity index (χ1) is 10.5. The Morgan fingerprint density at radius 2 is 1.86 bits per heavy atom. The molecule has 2 aliphatic rings. The molecule has 128 valence electrons. The second kappa shape index (κ2) is 8.26. The van der Waals surface area contributed by atoms with Crippen LogP contribution < -0.4 is 10.2 Å². The number of likely N-dealkylation sites (tertiary alicyclic amines) is 1. The van der Waals surface area contributed by atoms with E-state index in [1.54, 1.807) is 9.21 Å². The fraction of sp³-hybridized carbons (Fsp3) is 0.933. The summed E-state index contributed by atoms with van der Waals surface area (Å²) in [5.74, 6) is 0.287. The summed E-state index contributed by atoms with van der Waals surface area (Å²) in [4.78, 5) is 13.7. The minimum absolute atomic E-state index is 0.0262. The lowest BCUT2D eigenvalue weighted by molar-refractivity contribution is -0.886. The number of carbonyl (C=O) groups excluding carboxylic acids is 1. The van der Waals surface area contributed by atoms with Crippen molar-refractivity contribution in [3.05, 3.63) is 0 Å². The van der Waals surface area contributed by atoms with Crippen molar-refractivity contribution in [2.45, 2.75) is 39.0 Å². The number of piperidine rings is 1. The predicted octanol–water partition coefficient (Wildman–Crippen LogP) is -0.767. The lowest BCUT2D eigenvalue weighted by Gasteiger charge is -2.30. The summed E-state index contributed by atoms with van der Waals surface area (Å²) in [5.41, 5.74) is 0. The van der Waals surface area contributed by atoms with E-state index in [0.717, 1.165) is 13.1 Å². The molecule has 1 amide bonds. The molecule has 2 saturated heterocycles. The molecule has 0 unspecified atom stereocenters. The number of sulfonamides is 1. The lowest BCUT2D eigenvalue weighted by atomic mass is 9.97. The minimum Gasteiger partial charge on any atom is -0.350 e. The van der Waals surface area contributed by atoms with Gasteiger partial charge in [-0.3, -0.25) is 4.79 Å². The van der Waals surface area contributed by atoms with Gasteiger partial charge in [0.25, 0.3) is 0 Å². The van der Waals surface area contributed by atoms with E-state index in [1.165, 1.54) is 25.9 Å². The molecule has 0 bridgehead atoms. The Labute approximate surface area is 134 Å². The molecule has 0 radical (unpaired) electrons. The van der Waals surface area contributed by atoms with Crippen LogP contribution in [0.4, 0.5) is 0 Å². The van der Waals surface area contributed by atoms with E-state index in [4.69, 9.17) is 0 Å². The van der Waals surface area contributed by atoms with Crippen molar-refractivity contribution in [2.75, 3.05) is 45.0 Å². The first-order valence-electron chi connectivity index (χ1n) is 8.62. The van der Waals surface area contributed by atoms with Crippen LogP contribution in [-0.2, 0) is 14.8 Å². The molecule has 0 aliphatic carbocycles. The maximum atomic E-state index is 12.2. The van der Waals surface area contributed by atoms with Crippen molar-refractivity contribution in [3.8, 4) is 0 Å². The zero-order valence-electron chi connectivity index (χ0n) is 13.6. The van der Waals surface area contributed by atoms with E-state index in [9.17, 15) is 13.2 Å². The molecule has 2 rings (SSSR count). The second-order valence-corrected chi connectivity index (χ2v) is 8.58. The number of amides is 1. The van der Waals surface area contributed by atoms with Crippen LogP contribution in [0.25, 0.3) is 0 Å². The van der Waals surface area contributed by atoms with Gasteiger partial charge in [-0.05, 0) is 19.3 Å². The van der Waals surface area contributed by atoms with Crippen molar-refractivity contribution < 1.29 is 18.1 Å². The van der Waals surface area contributed by atoms with Crippen LogP contribution in [-0.4, -0.2) is 63.7 Å². The zero-order valence-corrected chi connectivity index (χ0v) is 14.5. The molecule has 0 atom stereocenters. The van der Waals surface area contributed by atoms with Crippen LogP contribution in [0.3, 0.4) is 0 Å². The van der Waals surface area contributed by atoms with Crippen LogP contribution in [0.15, 0.2) is 0 Å². The van der Waals surface area contributed by atoms with E-state index >= 15 is 0 Å². The summed E-state index contributed by atoms with van der Waals surface area (Å²) in [6.07, 6.45) is 4.53. The Bertz CT molecular complexity index is 453. The Morgan fingerprint density at radius 1 is 1.23 bits per heavy atom. The van der Waals surface area contributed by atoms with Crippen molar-refractivity contribution in [3.63, 3.8) is 0 Å². The topological polar surface area (TPSA) is 70.9 Å². The molecule has 6 nitrogen and oxygen atoms in total. The third-order valence-electron chi connectivity index (χ3n) is 4.77.